The number of fused-ring (bicyclic) bond motifs is 5. The minimum atomic E-state index is -0.979. The Kier molecular flexibility index (Phi) is 5.69. The van der Waals surface area contributed by atoms with Crippen molar-refractivity contribution in [3.63, 3.8) is 0 Å². The maximum absolute atomic E-state index is 13.2. The summed E-state index contributed by atoms with van der Waals surface area (Å²) in [6, 6.07) is 13.3. The van der Waals surface area contributed by atoms with Crippen molar-refractivity contribution >= 4 is 35.3 Å². The van der Waals surface area contributed by atoms with Gasteiger partial charge in [-0.15, -0.1) is 0 Å². The van der Waals surface area contributed by atoms with E-state index in [0.29, 0.717) is 17.9 Å². The third-order valence-corrected chi connectivity index (χ3v) is 7.06. The first kappa shape index (κ1) is 21.9. The Morgan fingerprint density at radius 1 is 1.12 bits per heavy atom. The van der Waals surface area contributed by atoms with E-state index in [4.69, 9.17) is 0 Å². The van der Waals surface area contributed by atoms with Crippen molar-refractivity contribution in [3.05, 3.63) is 64.7 Å². The zero-order chi connectivity index (χ0) is 23.8. The average Bonchev–Trinajstić information content (AvgIpc) is 3.06. The number of carboxylic acid groups (broad SMARTS) is 1. The average molecular weight is 458 g/mol. The highest BCUT2D eigenvalue weighted by Crippen LogP contribution is 2.46. The minimum absolute atomic E-state index is 0.220. The van der Waals surface area contributed by atoms with Crippen LogP contribution in [0.3, 0.4) is 0 Å². The zero-order valence-electron chi connectivity index (χ0n) is 19.1. The summed E-state index contributed by atoms with van der Waals surface area (Å²) in [5.41, 5.74) is 8.23. The molecule has 0 bridgehead atoms. The molecule has 174 valence electrons. The van der Waals surface area contributed by atoms with Gasteiger partial charge in [-0.25, -0.2) is 4.79 Å². The molecule has 2 aromatic carbocycles. The topological polar surface area (TPSA) is 91.6 Å². The molecule has 2 aliphatic rings. The van der Waals surface area contributed by atoms with Crippen molar-refractivity contribution in [2.24, 2.45) is 0 Å². The van der Waals surface area contributed by atoms with Gasteiger partial charge >= 0.3 is 5.97 Å². The summed E-state index contributed by atoms with van der Waals surface area (Å²) < 4.78 is 2.09. The van der Waals surface area contributed by atoms with Gasteiger partial charge in [0.25, 0.3) is 5.91 Å². The van der Waals surface area contributed by atoms with Gasteiger partial charge in [0.15, 0.2) is 0 Å². The molecule has 2 N–H and O–H groups in total. The van der Waals surface area contributed by atoms with Crippen LogP contribution >= 0.6 is 0 Å². The number of aromatic carboxylic acids is 1. The van der Waals surface area contributed by atoms with Gasteiger partial charge in [0.2, 0.25) is 6.41 Å². The molecule has 0 radical (unpaired) electrons. The first-order valence-corrected chi connectivity index (χ1v) is 11.7. The molecule has 1 aromatic heterocycles. The van der Waals surface area contributed by atoms with Crippen LogP contribution in [0.5, 0.6) is 0 Å². The van der Waals surface area contributed by atoms with Gasteiger partial charge in [-0.2, -0.15) is 0 Å². The second kappa shape index (κ2) is 8.82. The number of carboxylic acids is 1. The molecular formula is C27H27N3O4. The SMILES string of the molecule is CN(NC=O)C(=O)C1=Cc2ccccc2-c2c(C3CCCCC3)c3ccc(C(=O)O)cc3n2C1. The number of likely N-dealkylation sites (N-methyl/N-ethyl adjacent to an activating group) is 1. The number of amides is 2. The number of aromatic nitrogens is 1. The number of hydrazine groups is 1. The van der Waals surface area contributed by atoms with Crippen molar-refractivity contribution in [3.8, 4) is 11.3 Å². The van der Waals surface area contributed by atoms with Gasteiger partial charge in [0.1, 0.15) is 0 Å². The summed E-state index contributed by atoms with van der Waals surface area (Å²) in [6.45, 7) is 0.278. The highest BCUT2D eigenvalue weighted by molar-refractivity contribution is 6.03. The fourth-order valence-electron chi connectivity index (χ4n) is 5.49. The van der Waals surface area contributed by atoms with E-state index < -0.39 is 5.97 Å². The van der Waals surface area contributed by atoms with E-state index >= 15 is 0 Å². The maximum atomic E-state index is 13.2. The number of carbonyl (C=O) groups excluding carboxylic acids is 2. The highest BCUT2D eigenvalue weighted by Gasteiger charge is 2.30. The largest absolute Gasteiger partial charge is 0.478 e. The molecule has 0 saturated heterocycles. The number of hydrogen-bond donors (Lipinski definition) is 2. The summed E-state index contributed by atoms with van der Waals surface area (Å²) in [5.74, 6) is -0.912. The molecule has 1 saturated carbocycles. The minimum Gasteiger partial charge on any atom is -0.478 e. The molecule has 1 aliphatic heterocycles. The lowest BCUT2D eigenvalue weighted by Gasteiger charge is -2.24. The normalized spacial score (nSPS) is 15.6. The van der Waals surface area contributed by atoms with Crippen molar-refractivity contribution in [2.45, 2.75) is 44.6 Å². The first-order valence-electron chi connectivity index (χ1n) is 11.7. The van der Waals surface area contributed by atoms with Crippen LogP contribution in [0.1, 0.15) is 59.5 Å². The third kappa shape index (κ3) is 3.67. The van der Waals surface area contributed by atoms with Crippen LogP contribution in [0.25, 0.3) is 28.2 Å². The Hall–Kier alpha value is -3.87. The predicted molar refractivity (Wildman–Crippen MR) is 130 cm³/mol. The Balaban J connectivity index is 1.79. The van der Waals surface area contributed by atoms with Gasteiger partial charge in [0.05, 0.1) is 17.8 Å². The Labute approximate surface area is 197 Å². The van der Waals surface area contributed by atoms with E-state index in [0.717, 1.165) is 40.6 Å². The van der Waals surface area contributed by atoms with E-state index in [1.807, 2.05) is 30.3 Å². The van der Waals surface area contributed by atoms with Crippen molar-refractivity contribution in [1.29, 1.82) is 0 Å². The van der Waals surface area contributed by atoms with Crippen LogP contribution < -0.4 is 5.43 Å². The summed E-state index contributed by atoms with van der Waals surface area (Å²) in [5, 5.41) is 11.9. The molecule has 0 unspecified atom stereocenters. The molecule has 5 rings (SSSR count). The molecule has 7 heteroatoms. The fourth-order valence-corrected chi connectivity index (χ4v) is 5.49. The quantitative estimate of drug-likeness (QED) is 0.434. The second-order valence-electron chi connectivity index (χ2n) is 9.09. The van der Waals surface area contributed by atoms with Crippen LogP contribution in [0, 0.1) is 0 Å². The van der Waals surface area contributed by atoms with Gasteiger partial charge in [-0.1, -0.05) is 49.6 Å². The van der Waals surface area contributed by atoms with Crippen molar-refractivity contribution in [2.75, 3.05) is 7.05 Å². The summed E-state index contributed by atoms with van der Waals surface area (Å²) >= 11 is 0. The first-order chi connectivity index (χ1) is 16.5. The number of nitrogens with zero attached hydrogens (tertiary/aromatic N) is 2. The fraction of sp³-hybridized carbons (Fsp3) is 0.296. The van der Waals surface area contributed by atoms with Crippen molar-refractivity contribution in [1.82, 2.24) is 15.0 Å². The molecular weight excluding hydrogens is 430 g/mol. The van der Waals surface area contributed by atoms with Crippen LogP contribution in [0.4, 0.5) is 0 Å². The monoisotopic (exact) mass is 457 g/mol. The van der Waals surface area contributed by atoms with Gasteiger partial charge in [0, 0.05) is 29.1 Å². The highest BCUT2D eigenvalue weighted by atomic mass is 16.4. The van der Waals surface area contributed by atoms with E-state index in [9.17, 15) is 19.5 Å². The van der Waals surface area contributed by atoms with Crippen LogP contribution in [-0.2, 0) is 16.1 Å². The van der Waals surface area contributed by atoms with Crippen molar-refractivity contribution < 1.29 is 19.5 Å². The number of nitrogens with one attached hydrogen (secondary N) is 1. The van der Waals surface area contributed by atoms with Crippen LogP contribution in [0.15, 0.2) is 48.0 Å². The lowest BCUT2D eigenvalue weighted by atomic mass is 9.81. The molecule has 0 spiro atoms. The van der Waals surface area contributed by atoms with Gasteiger partial charge in [-0.05, 0) is 48.1 Å². The lowest BCUT2D eigenvalue weighted by molar-refractivity contribution is -0.132. The van der Waals surface area contributed by atoms with Gasteiger partial charge < -0.3 is 9.67 Å². The third-order valence-electron chi connectivity index (χ3n) is 7.06. The number of carbonyl (C=O) groups is 3. The molecule has 1 aliphatic carbocycles. The van der Waals surface area contributed by atoms with Crippen LogP contribution in [0.2, 0.25) is 0 Å². The molecule has 3 aromatic rings. The number of rotatable bonds is 5. The smallest absolute Gasteiger partial charge is 0.335 e. The summed E-state index contributed by atoms with van der Waals surface area (Å²) in [7, 11) is 1.51. The molecule has 34 heavy (non-hydrogen) atoms. The van der Waals surface area contributed by atoms with E-state index in [1.54, 1.807) is 12.1 Å². The van der Waals surface area contributed by atoms with Crippen LogP contribution in [-0.4, -0.2) is 40.0 Å². The Morgan fingerprint density at radius 3 is 2.62 bits per heavy atom. The van der Waals surface area contributed by atoms with E-state index in [1.165, 1.54) is 36.9 Å². The molecule has 2 amide bonds. The lowest BCUT2D eigenvalue weighted by Crippen LogP contribution is -2.40. The summed E-state index contributed by atoms with van der Waals surface area (Å²) in [6.07, 6.45) is 8.14. The summed E-state index contributed by atoms with van der Waals surface area (Å²) in [4.78, 5) is 35.9. The molecule has 0 atom stereocenters. The predicted octanol–water partition coefficient (Wildman–Crippen LogP) is 4.57. The zero-order valence-corrected chi connectivity index (χ0v) is 19.1. The standard InChI is InChI=1S/C27H27N3O4/c1-29(28-16-31)26(32)20-13-18-9-5-6-10-21(18)25-24(17-7-3-2-4-8-17)22-12-11-19(27(33)34)14-23(22)30(25)15-20/h5-6,9-14,16-17H,2-4,7-8,15H2,1H3,(H,28,31)(H,33,34). The van der Waals surface area contributed by atoms with E-state index in [2.05, 4.69) is 16.1 Å². The maximum Gasteiger partial charge on any atom is 0.335 e. The Morgan fingerprint density at radius 2 is 1.88 bits per heavy atom. The number of benzene rings is 2. The molecule has 2 heterocycles. The molecule has 1 fully saturated rings. The Bertz CT molecular complexity index is 1330. The van der Waals surface area contributed by atoms with Gasteiger partial charge in [-0.3, -0.25) is 20.0 Å². The second-order valence-corrected chi connectivity index (χ2v) is 9.09. The number of hydrogen-bond acceptors (Lipinski definition) is 3. The molecule has 7 nitrogen and oxygen atoms in total. The van der Waals surface area contributed by atoms with E-state index in [-0.39, 0.29) is 18.0 Å².